The lowest BCUT2D eigenvalue weighted by molar-refractivity contribution is -0.137. The number of sulfonamides is 1. The van der Waals surface area contributed by atoms with E-state index in [1.54, 1.807) is 24.3 Å². The van der Waals surface area contributed by atoms with Gasteiger partial charge in [0.25, 0.3) is 10.0 Å². The van der Waals surface area contributed by atoms with Gasteiger partial charge in [-0.2, -0.15) is 13.2 Å². The second-order valence-corrected chi connectivity index (χ2v) is 9.06. The number of halogens is 4. The number of rotatable bonds is 3. The minimum atomic E-state index is -4.50. The van der Waals surface area contributed by atoms with Crippen LogP contribution >= 0.6 is 11.6 Å². The Kier molecular flexibility index (Phi) is 5.18. The summed E-state index contributed by atoms with van der Waals surface area (Å²) in [6, 6.07) is 14.9. The zero-order valence-corrected chi connectivity index (χ0v) is 17.2. The van der Waals surface area contributed by atoms with Crippen molar-refractivity contribution < 1.29 is 26.4 Å². The van der Waals surface area contributed by atoms with E-state index in [9.17, 15) is 26.4 Å². The highest BCUT2D eigenvalue weighted by molar-refractivity contribution is 7.93. The van der Waals surface area contributed by atoms with Crippen LogP contribution in [-0.2, 0) is 21.0 Å². The van der Waals surface area contributed by atoms with E-state index in [-0.39, 0.29) is 16.3 Å². The van der Waals surface area contributed by atoms with Crippen LogP contribution < -0.4 is 9.62 Å². The molecule has 0 unspecified atom stereocenters. The second-order valence-electron chi connectivity index (χ2n) is 6.79. The molecule has 1 amide bonds. The lowest BCUT2D eigenvalue weighted by Crippen LogP contribution is -2.40. The number of anilines is 2. The molecule has 31 heavy (non-hydrogen) atoms. The number of nitrogens with zero attached hydrogens (tertiary/aromatic N) is 1. The van der Waals surface area contributed by atoms with Gasteiger partial charge in [-0.3, -0.25) is 9.10 Å². The molecular formula is C21H14ClF3N2O3S. The Bertz CT molecular complexity index is 1280. The maximum Gasteiger partial charge on any atom is 0.416 e. The maximum atomic E-state index is 13.2. The average Bonchev–Trinajstić information content (AvgIpc) is 2.71. The standard InChI is InChI=1S/C21H14ClF3N2O3S/c22-14-7-10-18-17(11-14)16-3-1-2-4-19(16)31(29,30)27(18)12-20(28)26-15-8-5-13(6-9-15)21(23,24)25/h1-11H,12H2,(H,26,28). The van der Waals surface area contributed by atoms with Crippen molar-refractivity contribution in [1.29, 1.82) is 0 Å². The largest absolute Gasteiger partial charge is 0.416 e. The van der Waals surface area contributed by atoms with Gasteiger partial charge < -0.3 is 5.32 Å². The van der Waals surface area contributed by atoms with Crippen LogP contribution in [0.2, 0.25) is 5.02 Å². The first-order valence-electron chi connectivity index (χ1n) is 8.96. The zero-order chi connectivity index (χ0) is 22.4. The summed E-state index contributed by atoms with van der Waals surface area (Å²) in [5, 5.41) is 2.84. The van der Waals surface area contributed by atoms with Crippen LogP contribution in [0.4, 0.5) is 24.5 Å². The number of fused-ring (bicyclic) bond motifs is 3. The number of nitrogens with one attached hydrogen (secondary N) is 1. The first kappa shape index (κ1) is 21.2. The molecule has 1 N–H and O–H groups in total. The SMILES string of the molecule is O=C(CN1c2ccc(Cl)cc2-c2ccccc2S1(=O)=O)Nc1ccc(C(F)(F)F)cc1. The summed E-state index contributed by atoms with van der Waals surface area (Å²) in [5.41, 5.74) is 0.570. The summed E-state index contributed by atoms with van der Waals surface area (Å²) in [6.07, 6.45) is -4.50. The summed E-state index contributed by atoms with van der Waals surface area (Å²) in [6.45, 7) is -0.563. The molecule has 0 atom stereocenters. The monoisotopic (exact) mass is 466 g/mol. The Morgan fingerprint density at radius 3 is 2.32 bits per heavy atom. The van der Waals surface area contributed by atoms with Crippen LogP contribution in [0.15, 0.2) is 71.6 Å². The molecule has 0 aliphatic carbocycles. The van der Waals surface area contributed by atoms with Gasteiger partial charge in [0.05, 0.1) is 16.1 Å². The van der Waals surface area contributed by atoms with Crippen LogP contribution in [0, 0.1) is 0 Å². The summed E-state index contributed by atoms with van der Waals surface area (Å²) in [4.78, 5) is 12.6. The third-order valence-corrected chi connectivity index (χ3v) is 6.81. The number of carbonyl (C=O) groups is 1. The van der Waals surface area contributed by atoms with E-state index < -0.39 is 34.2 Å². The number of carbonyl (C=O) groups excluding carboxylic acids is 1. The molecule has 0 bridgehead atoms. The van der Waals surface area contributed by atoms with Gasteiger partial charge in [0.15, 0.2) is 0 Å². The summed E-state index contributed by atoms with van der Waals surface area (Å²) < 4.78 is 65.4. The minimum Gasteiger partial charge on any atom is -0.325 e. The predicted molar refractivity (Wildman–Crippen MR) is 111 cm³/mol. The normalized spacial score (nSPS) is 14.5. The molecule has 1 heterocycles. The molecule has 160 valence electrons. The Hall–Kier alpha value is -3.04. The fraction of sp³-hybridized carbons (Fsp3) is 0.0952. The van der Waals surface area contributed by atoms with E-state index in [0.29, 0.717) is 16.1 Å². The van der Waals surface area contributed by atoms with Gasteiger partial charge in [-0.05, 0) is 48.5 Å². The van der Waals surface area contributed by atoms with Gasteiger partial charge in [0.1, 0.15) is 6.54 Å². The van der Waals surface area contributed by atoms with Crippen molar-refractivity contribution in [2.45, 2.75) is 11.1 Å². The molecule has 10 heteroatoms. The van der Waals surface area contributed by atoms with Crippen molar-refractivity contribution in [1.82, 2.24) is 0 Å². The van der Waals surface area contributed by atoms with Crippen molar-refractivity contribution in [2.75, 3.05) is 16.2 Å². The van der Waals surface area contributed by atoms with Gasteiger partial charge in [0, 0.05) is 21.8 Å². The van der Waals surface area contributed by atoms with Crippen LogP contribution in [0.25, 0.3) is 11.1 Å². The van der Waals surface area contributed by atoms with Crippen LogP contribution in [0.1, 0.15) is 5.56 Å². The lowest BCUT2D eigenvalue weighted by Gasteiger charge is -2.31. The van der Waals surface area contributed by atoms with Gasteiger partial charge in [-0.15, -0.1) is 0 Å². The van der Waals surface area contributed by atoms with Crippen molar-refractivity contribution in [3.63, 3.8) is 0 Å². The van der Waals surface area contributed by atoms with Gasteiger partial charge in [-0.1, -0.05) is 29.8 Å². The van der Waals surface area contributed by atoms with Crippen LogP contribution in [0.5, 0.6) is 0 Å². The van der Waals surface area contributed by atoms with E-state index in [2.05, 4.69) is 5.32 Å². The van der Waals surface area contributed by atoms with E-state index >= 15 is 0 Å². The number of hydrogen-bond donors (Lipinski definition) is 1. The zero-order valence-electron chi connectivity index (χ0n) is 15.7. The van der Waals surface area contributed by atoms with Gasteiger partial charge >= 0.3 is 6.18 Å². The van der Waals surface area contributed by atoms with E-state index in [4.69, 9.17) is 11.6 Å². The Balaban J connectivity index is 1.64. The van der Waals surface area contributed by atoms with Crippen molar-refractivity contribution >= 4 is 38.9 Å². The summed E-state index contributed by atoms with van der Waals surface area (Å²) in [5.74, 6) is -0.705. The fourth-order valence-electron chi connectivity index (χ4n) is 3.35. The molecule has 0 saturated heterocycles. The quantitative estimate of drug-likeness (QED) is 0.579. The second kappa shape index (κ2) is 7.58. The number of alkyl halides is 3. The van der Waals surface area contributed by atoms with Crippen LogP contribution in [0.3, 0.4) is 0 Å². The Morgan fingerprint density at radius 1 is 0.968 bits per heavy atom. The van der Waals surface area contributed by atoms with Crippen molar-refractivity contribution in [3.05, 3.63) is 77.3 Å². The highest BCUT2D eigenvalue weighted by Crippen LogP contribution is 2.43. The maximum absolute atomic E-state index is 13.2. The molecule has 4 rings (SSSR count). The lowest BCUT2D eigenvalue weighted by atomic mass is 10.0. The molecule has 0 spiro atoms. The molecule has 0 radical (unpaired) electrons. The van der Waals surface area contributed by atoms with Gasteiger partial charge in [-0.25, -0.2) is 8.42 Å². The fourth-order valence-corrected chi connectivity index (χ4v) is 5.17. The number of hydrogen-bond acceptors (Lipinski definition) is 3. The molecule has 3 aromatic carbocycles. The minimum absolute atomic E-state index is 0.0343. The molecule has 5 nitrogen and oxygen atoms in total. The average molecular weight is 467 g/mol. The summed E-state index contributed by atoms with van der Waals surface area (Å²) in [7, 11) is -4.04. The predicted octanol–water partition coefficient (Wildman–Crippen LogP) is 5.17. The van der Waals surface area contributed by atoms with E-state index in [1.807, 2.05) is 0 Å². The first-order valence-corrected chi connectivity index (χ1v) is 10.8. The molecular weight excluding hydrogens is 453 g/mol. The molecule has 1 aliphatic heterocycles. The molecule has 3 aromatic rings. The number of benzene rings is 3. The molecule has 0 aromatic heterocycles. The van der Waals surface area contributed by atoms with Crippen LogP contribution in [-0.4, -0.2) is 20.9 Å². The molecule has 1 aliphatic rings. The smallest absolute Gasteiger partial charge is 0.325 e. The Labute approximate surface area is 181 Å². The molecule has 0 fully saturated rings. The topological polar surface area (TPSA) is 66.5 Å². The molecule has 0 saturated carbocycles. The van der Waals surface area contributed by atoms with Gasteiger partial charge in [0.2, 0.25) is 5.91 Å². The number of amides is 1. The van der Waals surface area contributed by atoms with E-state index in [1.165, 1.54) is 18.2 Å². The Morgan fingerprint density at radius 2 is 1.65 bits per heavy atom. The highest BCUT2D eigenvalue weighted by atomic mass is 35.5. The van der Waals surface area contributed by atoms with Crippen molar-refractivity contribution in [2.24, 2.45) is 0 Å². The summed E-state index contributed by atoms with van der Waals surface area (Å²) >= 11 is 6.09. The van der Waals surface area contributed by atoms with Crippen molar-refractivity contribution in [3.8, 4) is 11.1 Å². The third kappa shape index (κ3) is 3.98. The van der Waals surface area contributed by atoms with E-state index in [0.717, 1.165) is 28.6 Å². The highest BCUT2D eigenvalue weighted by Gasteiger charge is 2.36. The third-order valence-electron chi connectivity index (χ3n) is 4.76. The first-order chi connectivity index (χ1) is 14.6.